The first-order chi connectivity index (χ1) is 9.91. The zero-order valence-corrected chi connectivity index (χ0v) is 13.3. The van der Waals surface area contributed by atoms with Crippen molar-refractivity contribution in [3.63, 3.8) is 0 Å². The Morgan fingerprint density at radius 2 is 1.73 bits per heavy atom. The van der Waals surface area contributed by atoms with Gasteiger partial charge < -0.3 is 9.88 Å². The first-order valence-electron chi connectivity index (χ1n) is 6.57. The van der Waals surface area contributed by atoms with Gasteiger partial charge in [0.05, 0.1) is 13.2 Å². The zero-order valence-electron chi connectivity index (χ0n) is 12.4. The minimum absolute atomic E-state index is 0.447. The van der Waals surface area contributed by atoms with Crippen LogP contribution in [0.25, 0.3) is 0 Å². The first-order valence-corrected chi connectivity index (χ1v) is 9.24. The highest BCUT2D eigenvalue weighted by Crippen LogP contribution is 2.51. The molecule has 0 saturated carbocycles. The van der Waals surface area contributed by atoms with Crippen molar-refractivity contribution in [3.05, 3.63) is 35.6 Å². The summed E-state index contributed by atoms with van der Waals surface area (Å²) >= 11 is 0. The lowest BCUT2D eigenvalue weighted by molar-refractivity contribution is -0.141. The largest absolute Gasteiger partial charge is 0.398 e. The Kier molecular flexibility index (Phi) is 5.79. The Labute approximate surface area is 126 Å². The molecule has 0 radical (unpaired) electrons. The van der Waals surface area contributed by atoms with Gasteiger partial charge in [0.2, 0.25) is 5.91 Å². The van der Waals surface area contributed by atoms with Crippen molar-refractivity contribution >= 4 is 13.0 Å². The van der Waals surface area contributed by atoms with Crippen molar-refractivity contribution in [3.8, 4) is 0 Å². The van der Waals surface area contributed by atoms with Gasteiger partial charge in [0.25, 0.3) is 0 Å². The van der Waals surface area contributed by atoms with Crippen molar-refractivity contribution in [1.29, 1.82) is 0 Å². The number of alkyl halides is 3. The Bertz CT molecular complexity index is 565. The highest BCUT2D eigenvalue weighted by atomic mass is 31.2. The van der Waals surface area contributed by atoms with E-state index in [0.29, 0.717) is 5.56 Å². The summed E-state index contributed by atoms with van der Waals surface area (Å²) in [5.41, 5.74) is -1.60. The third kappa shape index (κ3) is 5.44. The summed E-state index contributed by atoms with van der Waals surface area (Å²) < 4.78 is 63.2. The van der Waals surface area contributed by atoms with E-state index in [1.54, 1.807) is 6.92 Å². The van der Waals surface area contributed by atoms with Crippen LogP contribution in [0, 0.1) is 5.82 Å². The Morgan fingerprint density at radius 3 is 2.14 bits per heavy atom. The summed E-state index contributed by atoms with van der Waals surface area (Å²) in [5.74, 6) is -1.29. The molecule has 0 bridgehead atoms. The van der Waals surface area contributed by atoms with Gasteiger partial charge in [-0.15, -0.1) is 0 Å². The Hall–Kier alpha value is -1.36. The summed E-state index contributed by atoms with van der Waals surface area (Å²) in [4.78, 5) is 11.8. The minimum atomic E-state index is -4.70. The van der Waals surface area contributed by atoms with E-state index >= 15 is 0 Å². The fraction of sp³-hybridized carbons (Fsp3) is 0.500. The average molecular weight is 339 g/mol. The topological polar surface area (TPSA) is 46.2 Å². The van der Waals surface area contributed by atoms with E-state index in [2.05, 4.69) is 5.32 Å². The van der Waals surface area contributed by atoms with Crippen LogP contribution in [-0.4, -0.2) is 31.1 Å². The van der Waals surface area contributed by atoms with E-state index in [0.717, 1.165) is 13.3 Å². The van der Waals surface area contributed by atoms with Crippen molar-refractivity contribution in [2.24, 2.45) is 0 Å². The Morgan fingerprint density at radius 1 is 1.23 bits per heavy atom. The number of rotatable bonds is 5. The average Bonchev–Trinajstić information content (AvgIpc) is 2.34. The molecule has 1 amide bonds. The van der Waals surface area contributed by atoms with Crippen LogP contribution < -0.4 is 5.32 Å². The molecule has 1 aromatic rings. The molecule has 22 heavy (non-hydrogen) atoms. The number of carbonyl (C=O) groups is 1. The van der Waals surface area contributed by atoms with Crippen molar-refractivity contribution < 1.29 is 26.9 Å². The van der Waals surface area contributed by atoms with Gasteiger partial charge in [0, 0.05) is 6.42 Å². The molecule has 1 N–H and O–H groups in total. The number of benzene rings is 1. The predicted molar refractivity (Wildman–Crippen MR) is 76.9 cm³/mol. The maximum absolute atomic E-state index is 12.9. The van der Waals surface area contributed by atoms with Gasteiger partial charge >= 0.3 is 6.18 Å². The second-order valence-corrected chi connectivity index (χ2v) is 9.03. The zero-order chi connectivity index (χ0) is 17.1. The molecule has 1 aromatic carbocycles. The number of amides is 1. The lowest BCUT2D eigenvalue weighted by Gasteiger charge is -2.24. The highest BCUT2D eigenvalue weighted by Gasteiger charge is 2.47. The van der Waals surface area contributed by atoms with E-state index < -0.39 is 43.2 Å². The van der Waals surface area contributed by atoms with Crippen molar-refractivity contribution in [1.82, 2.24) is 5.32 Å². The number of nitrogens with one attached hydrogen (secondary N) is 1. The van der Waals surface area contributed by atoms with Crippen LogP contribution in [0.1, 0.15) is 24.9 Å². The molecule has 0 heterocycles. The van der Waals surface area contributed by atoms with Crippen molar-refractivity contribution in [2.45, 2.75) is 31.2 Å². The van der Waals surface area contributed by atoms with Gasteiger partial charge in [-0.25, -0.2) is 4.39 Å². The summed E-state index contributed by atoms with van der Waals surface area (Å²) in [7, 11) is -3.51. The van der Waals surface area contributed by atoms with Gasteiger partial charge in [-0.3, -0.25) is 4.79 Å². The van der Waals surface area contributed by atoms with Crippen LogP contribution in [0.3, 0.4) is 0 Å². The van der Waals surface area contributed by atoms with Crippen LogP contribution in [0.2, 0.25) is 0 Å². The molecule has 0 aliphatic carbocycles. The molecule has 0 aliphatic rings. The van der Waals surface area contributed by atoms with Crippen LogP contribution >= 0.6 is 7.14 Å². The van der Waals surface area contributed by atoms with Crippen LogP contribution in [0.5, 0.6) is 0 Å². The minimum Gasteiger partial charge on any atom is -0.350 e. The van der Waals surface area contributed by atoms with Crippen LogP contribution in [0.4, 0.5) is 17.6 Å². The van der Waals surface area contributed by atoms with Gasteiger partial charge in [-0.1, -0.05) is 12.1 Å². The van der Waals surface area contributed by atoms with E-state index in [4.69, 9.17) is 0 Å². The smallest absolute Gasteiger partial charge is 0.350 e. The van der Waals surface area contributed by atoms with E-state index in [9.17, 15) is 26.9 Å². The third-order valence-corrected chi connectivity index (χ3v) is 5.23. The summed E-state index contributed by atoms with van der Waals surface area (Å²) in [6, 6.07) is 4.69. The lowest BCUT2D eigenvalue weighted by Crippen LogP contribution is -2.36. The fourth-order valence-corrected chi connectivity index (χ4v) is 3.31. The van der Waals surface area contributed by atoms with Gasteiger partial charge in [0.1, 0.15) is 11.5 Å². The maximum atomic E-state index is 12.9. The number of halogens is 4. The van der Waals surface area contributed by atoms with Gasteiger partial charge in [-0.05, 0) is 37.9 Å². The molecule has 1 rings (SSSR count). The Balaban J connectivity index is 2.76. The fourth-order valence-electron chi connectivity index (χ4n) is 2.00. The maximum Gasteiger partial charge on any atom is 0.398 e. The molecule has 2 atom stereocenters. The molecule has 0 aromatic heterocycles. The molecular weight excluding hydrogens is 321 g/mol. The third-order valence-electron chi connectivity index (χ3n) is 3.25. The molecular formula is C14H18F4NO2P. The van der Waals surface area contributed by atoms with Gasteiger partial charge in [0.15, 0.2) is 0 Å². The number of hydrogen-bond acceptors (Lipinski definition) is 2. The first kappa shape index (κ1) is 18.7. The molecule has 0 spiro atoms. The molecule has 0 aliphatic heterocycles. The predicted octanol–water partition coefficient (Wildman–Crippen LogP) is 3.95. The van der Waals surface area contributed by atoms with Crippen molar-refractivity contribution in [2.75, 3.05) is 13.3 Å². The molecule has 3 nitrogen and oxygen atoms in total. The second-order valence-electron chi connectivity index (χ2n) is 5.54. The standard InChI is InChI=1S/C14H18F4NO2P/c1-9(10-4-6-11(15)7-5-10)19-13(20)8-12(14(16,17)18)22(2,3)21/h4-7,9,12H,8H2,1-3H3,(H,19,20)/t9-,12?/m0/s1. The van der Waals surface area contributed by atoms with Gasteiger partial charge in [-0.2, -0.15) is 13.2 Å². The molecule has 0 fully saturated rings. The van der Waals surface area contributed by atoms with Crippen LogP contribution in [0.15, 0.2) is 24.3 Å². The van der Waals surface area contributed by atoms with Crippen LogP contribution in [-0.2, 0) is 9.36 Å². The normalized spacial score (nSPS) is 15.2. The monoisotopic (exact) mass is 339 g/mol. The quantitative estimate of drug-likeness (QED) is 0.652. The molecule has 124 valence electrons. The lowest BCUT2D eigenvalue weighted by atomic mass is 10.1. The molecule has 8 heteroatoms. The number of carbonyl (C=O) groups excluding carboxylic acids is 1. The van der Waals surface area contributed by atoms with E-state index in [1.165, 1.54) is 24.3 Å². The molecule has 0 saturated heterocycles. The van der Waals surface area contributed by atoms with E-state index in [1.807, 2.05) is 0 Å². The number of hydrogen-bond donors (Lipinski definition) is 1. The van der Waals surface area contributed by atoms with E-state index in [-0.39, 0.29) is 0 Å². The summed E-state index contributed by atoms with van der Waals surface area (Å²) in [5, 5.41) is 2.41. The highest BCUT2D eigenvalue weighted by molar-refractivity contribution is 7.63. The second kappa shape index (κ2) is 6.82. The summed E-state index contributed by atoms with van der Waals surface area (Å²) in [6.45, 7) is 3.61. The molecule has 1 unspecified atom stereocenters. The summed E-state index contributed by atoms with van der Waals surface area (Å²) in [6.07, 6.45) is -5.59. The SMILES string of the molecule is C[C@H](NC(=O)CC(C(F)(F)F)P(C)(C)=O)c1ccc(F)cc1.